The van der Waals surface area contributed by atoms with Crippen molar-refractivity contribution in [2.45, 2.75) is 39.2 Å². The Morgan fingerprint density at radius 1 is 1.50 bits per heavy atom. The second-order valence-corrected chi connectivity index (χ2v) is 4.84. The Kier molecular flexibility index (Phi) is 2.91. The molecule has 1 heterocycles. The van der Waals surface area contributed by atoms with Crippen molar-refractivity contribution in [3.63, 3.8) is 0 Å². The molecule has 0 amide bonds. The van der Waals surface area contributed by atoms with Gasteiger partial charge in [-0.2, -0.15) is 0 Å². The van der Waals surface area contributed by atoms with Gasteiger partial charge in [0.2, 0.25) is 0 Å². The molecule has 0 aliphatic carbocycles. The van der Waals surface area contributed by atoms with Crippen molar-refractivity contribution in [2.75, 3.05) is 0 Å². The van der Waals surface area contributed by atoms with Crippen molar-refractivity contribution >= 4 is 11.3 Å². The molecule has 68 valence electrons. The van der Waals surface area contributed by atoms with E-state index in [1.807, 2.05) is 13.8 Å². The highest BCUT2D eigenvalue weighted by atomic mass is 32.1. The average Bonchev–Trinajstić information content (AvgIpc) is 2.29. The van der Waals surface area contributed by atoms with Gasteiger partial charge in [-0.1, -0.05) is 0 Å². The summed E-state index contributed by atoms with van der Waals surface area (Å²) >= 11 is 1.78. The largest absolute Gasteiger partial charge is 0.390 e. The number of hydrogen-bond donors (Lipinski definition) is 1. The summed E-state index contributed by atoms with van der Waals surface area (Å²) in [7, 11) is 0. The minimum atomic E-state index is -0.531. The van der Waals surface area contributed by atoms with Crippen LogP contribution in [0.1, 0.15) is 30.7 Å². The van der Waals surface area contributed by atoms with Crippen LogP contribution in [0.3, 0.4) is 0 Å². The van der Waals surface area contributed by atoms with E-state index in [0.29, 0.717) is 0 Å². The van der Waals surface area contributed by atoms with Crippen LogP contribution < -0.4 is 0 Å². The summed E-state index contributed by atoms with van der Waals surface area (Å²) in [5, 5.41) is 11.6. The van der Waals surface area contributed by atoms with Crippen LogP contribution in [0, 0.1) is 6.92 Å². The van der Waals surface area contributed by atoms with Crippen LogP contribution in [0.5, 0.6) is 0 Å². The maximum absolute atomic E-state index is 9.51. The molecule has 0 aliphatic rings. The normalized spacial score (nSPS) is 12.0. The first kappa shape index (κ1) is 9.75. The predicted molar refractivity (Wildman–Crippen MR) is 53.7 cm³/mol. The molecule has 1 rings (SSSR count). The fourth-order valence-electron chi connectivity index (χ4n) is 1.08. The zero-order chi connectivity index (χ0) is 9.19. The monoisotopic (exact) mass is 184 g/mol. The number of aryl methyl sites for hydroxylation is 2. The maximum atomic E-state index is 9.51. The summed E-state index contributed by atoms with van der Waals surface area (Å²) in [6, 6.07) is 2.13. The third-order valence-corrected chi connectivity index (χ3v) is 3.01. The summed E-state index contributed by atoms with van der Waals surface area (Å²) in [5.74, 6) is 0. The first-order valence-electron chi connectivity index (χ1n) is 4.24. The average molecular weight is 184 g/mol. The summed E-state index contributed by atoms with van der Waals surface area (Å²) in [5.41, 5.74) is 0.820. The third-order valence-electron chi connectivity index (χ3n) is 1.93. The highest BCUT2D eigenvalue weighted by Gasteiger charge is 2.13. The van der Waals surface area contributed by atoms with E-state index in [2.05, 4.69) is 18.4 Å². The number of hydrogen-bond acceptors (Lipinski definition) is 2. The molecule has 1 aromatic rings. The van der Waals surface area contributed by atoms with Gasteiger partial charge in [0.1, 0.15) is 0 Å². The SMILES string of the molecule is Cc1ccsc1CCC(C)(C)O. The van der Waals surface area contributed by atoms with Crippen LogP contribution in [-0.2, 0) is 6.42 Å². The Morgan fingerprint density at radius 2 is 2.17 bits per heavy atom. The molecule has 1 nitrogen and oxygen atoms in total. The molecule has 0 fully saturated rings. The summed E-state index contributed by atoms with van der Waals surface area (Å²) in [4.78, 5) is 1.40. The lowest BCUT2D eigenvalue weighted by Gasteiger charge is -2.16. The smallest absolute Gasteiger partial charge is 0.0595 e. The quantitative estimate of drug-likeness (QED) is 0.766. The van der Waals surface area contributed by atoms with Gasteiger partial charge in [-0.25, -0.2) is 0 Å². The molecule has 0 aromatic carbocycles. The highest BCUT2D eigenvalue weighted by molar-refractivity contribution is 7.10. The van der Waals surface area contributed by atoms with Crippen LogP contribution >= 0.6 is 11.3 Å². The van der Waals surface area contributed by atoms with Crippen LogP contribution in [0.15, 0.2) is 11.4 Å². The van der Waals surface area contributed by atoms with Gasteiger partial charge in [0.25, 0.3) is 0 Å². The van der Waals surface area contributed by atoms with Crippen molar-refractivity contribution < 1.29 is 5.11 Å². The molecule has 0 spiro atoms. The van der Waals surface area contributed by atoms with E-state index < -0.39 is 5.60 Å². The minimum Gasteiger partial charge on any atom is -0.390 e. The van der Waals surface area contributed by atoms with Gasteiger partial charge in [0.05, 0.1) is 5.60 Å². The van der Waals surface area contributed by atoms with Crippen LogP contribution in [0.4, 0.5) is 0 Å². The molecule has 0 aliphatic heterocycles. The Balaban J connectivity index is 2.49. The van der Waals surface area contributed by atoms with E-state index in [-0.39, 0.29) is 0 Å². The number of rotatable bonds is 3. The van der Waals surface area contributed by atoms with Gasteiger partial charge in [0, 0.05) is 4.88 Å². The first-order chi connectivity index (χ1) is 5.49. The van der Waals surface area contributed by atoms with E-state index >= 15 is 0 Å². The molecule has 0 saturated heterocycles. The Hall–Kier alpha value is -0.340. The number of aliphatic hydroxyl groups is 1. The maximum Gasteiger partial charge on any atom is 0.0595 e. The fourth-order valence-corrected chi connectivity index (χ4v) is 1.99. The zero-order valence-corrected chi connectivity index (χ0v) is 8.74. The van der Waals surface area contributed by atoms with E-state index in [1.54, 1.807) is 11.3 Å². The van der Waals surface area contributed by atoms with Gasteiger partial charge >= 0.3 is 0 Å². The second kappa shape index (κ2) is 3.58. The van der Waals surface area contributed by atoms with Crippen LogP contribution in [0.25, 0.3) is 0 Å². The standard InChI is InChI=1S/C10H16OS/c1-8-5-7-12-9(8)4-6-10(2,3)11/h5,7,11H,4,6H2,1-3H3. The molecule has 0 atom stereocenters. The fraction of sp³-hybridized carbons (Fsp3) is 0.600. The molecule has 0 unspecified atom stereocenters. The van der Waals surface area contributed by atoms with Crippen molar-refractivity contribution in [3.05, 3.63) is 21.9 Å². The lowest BCUT2D eigenvalue weighted by atomic mass is 10.0. The molecular formula is C10H16OS. The van der Waals surface area contributed by atoms with Gasteiger partial charge in [0.15, 0.2) is 0 Å². The molecule has 0 bridgehead atoms. The third kappa shape index (κ3) is 2.95. The minimum absolute atomic E-state index is 0.531. The zero-order valence-electron chi connectivity index (χ0n) is 7.92. The topological polar surface area (TPSA) is 20.2 Å². The Labute approximate surface area is 78.1 Å². The highest BCUT2D eigenvalue weighted by Crippen LogP contribution is 2.20. The van der Waals surface area contributed by atoms with Crippen molar-refractivity contribution in [3.8, 4) is 0 Å². The van der Waals surface area contributed by atoms with E-state index in [1.165, 1.54) is 10.4 Å². The van der Waals surface area contributed by atoms with Gasteiger partial charge < -0.3 is 5.11 Å². The van der Waals surface area contributed by atoms with Crippen molar-refractivity contribution in [1.29, 1.82) is 0 Å². The lowest BCUT2D eigenvalue weighted by Crippen LogP contribution is -2.18. The first-order valence-corrected chi connectivity index (χ1v) is 5.12. The number of thiophene rings is 1. The van der Waals surface area contributed by atoms with E-state index in [9.17, 15) is 5.11 Å². The second-order valence-electron chi connectivity index (χ2n) is 3.84. The van der Waals surface area contributed by atoms with Gasteiger partial charge in [-0.05, 0) is 50.6 Å². The van der Waals surface area contributed by atoms with Gasteiger partial charge in [-0.3, -0.25) is 0 Å². The molecule has 1 N–H and O–H groups in total. The summed E-state index contributed by atoms with van der Waals surface area (Å²) in [6.45, 7) is 5.84. The molecule has 0 radical (unpaired) electrons. The molecular weight excluding hydrogens is 168 g/mol. The van der Waals surface area contributed by atoms with Crippen LogP contribution in [0.2, 0.25) is 0 Å². The Bertz CT molecular complexity index is 245. The Morgan fingerprint density at radius 3 is 2.58 bits per heavy atom. The summed E-state index contributed by atoms with van der Waals surface area (Å²) < 4.78 is 0. The molecule has 1 aromatic heterocycles. The van der Waals surface area contributed by atoms with E-state index in [4.69, 9.17) is 0 Å². The molecule has 0 saturated carbocycles. The van der Waals surface area contributed by atoms with Crippen molar-refractivity contribution in [1.82, 2.24) is 0 Å². The molecule has 2 heteroatoms. The van der Waals surface area contributed by atoms with Crippen LogP contribution in [-0.4, -0.2) is 10.7 Å². The predicted octanol–water partition coefficient (Wildman–Crippen LogP) is 2.76. The summed E-state index contributed by atoms with van der Waals surface area (Å²) in [6.07, 6.45) is 1.83. The van der Waals surface area contributed by atoms with E-state index in [0.717, 1.165) is 12.8 Å². The molecule has 12 heavy (non-hydrogen) atoms. The van der Waals surface area contributed by atoms with Crippen molar-refractivity contribution in [2.24, 2.45) is 0 Å². The van der Waals surface area contributed by atoms with Gasteiger partial charge in [-0.15, -0.1) is 11.3 Å². The lowest BCUT2D eigenvalue weighted by molar-refractivity contribution is 0.0716.